The Morgan fingerprint density at radius 1 is 1.08 bits per heavy atom. The quantitative estimate of drug-likeness (QED) is 0.731. The second-order valence-electron chi connectivity index (χ2n) is 5.22. The van der Waals surface area contributed by atoms with Gasteiger partial charge in [0.2, 0.25) is 5.91 Å². The van der Waals surface area contributed by atoms with Crippen molar-refractivity contribution in [2.75, 3.05) is 23.7 Å². The number of nitrogens with one attached hydrogen (secondary N) is 3. The van der Waals surface area contributed by atoms with Crippen LogP contribution in [0.2, 0.25) is 0 Å². The number of amides is 2. The zero-order valence-corrected chi connectivity index (χ0v) is 13.4. The molecule has 0 atom stereocenters. The third-order valence-corrected chi connectivity index (χ3v) is 3.26. The molecule has 0 unspecified atom stereocenters. The summed E-state index contributed by atoms with van der Waals surface area (Å²) in [6, 6.07) is 12.8. The lowest BCUT2D eigenvalue weighted by Crippen LogP contribution is -2.25. The summed E-state index contributed by atoms with van der Waals surface area (Å²) in [6.45, 7) is 2.49. The number of hydrogen-bond donors (Lipinski definition) is 3. The fourth-order valence-electron chi connectivity index (χ4n) is 2.06. The van der Waals surface area contributed by atoms with E-state index < -0.39 is 5.82 Å². The molecule has 24 heavy (non-hydrogen) atoms. The zero-order chi connectivity index (χ0) is 17.4. The van der Waals surface area contributed by atoms with Gasteiger partial charge in [-0.15, -0.1) is 0 Å². The molecule has 6 heteroatoms. The van der Waals surface area contributed by atoms with Gasteiger partial charge in [-0.3, -0.25) is 9.59 Å². The Kier molecular flexibility index (Phi) is 6.31. The minimum atomic E-state index is -0.417. The molecule has 2 aromatic carbocycles. The number of halogens is 1. The summed E-state index contributed by atoms with van der Waals surface area (Å²) in [5.41, 5.74) is 1.25. The second kappa shape index (κ2) is 8.67. The van der Waals surface area contributed by atoms with Crippen molar-refractivity contribution in [3.8, 4) is 0 Å². The molecule has 0 aliphatic carbocycles. The van der Waals surface area contributed by atoms with Gasteiger partial charge < -0.3 is 16.0 Å². The number of hydrogen-bond acceptors (Lipinski definition) is 3. The SMILES string of the molecule is CCCNC(=O)c1cccc(NC(=O)CNc2ccccc2F)c1. The molecule has 0 fully saturated rings. The molecule has 0 saturated heterocycles. The molecule has 0 spiro atoms. The summed E-state index contributed by atoms with van der Waals surface area (Å²) in [6.07, 6.45) is 0.851. The zero-order valence-electron chi connectivity index (χ0n) is 13.4. The molecule has 2 aromatic rings. The fraction of sp³-hybridized carbons (Fsp3) is 0.222. The largest absolute Gasteiger partial charge is 0.374 e. The molecule has 0 heterocycles. The van der Waals surface area contributed by atoms with Crippen LogP contribution in [0.15, 0.2) is 48.5 Å². The van der Waals surface area contributed by atoms with Crippen LogP contribution < -0.4 is 16.0 Å². The van der Waals surface area contributed by atoms with Gasteiger partial charge in [0.1, 0.15) is 5.82 Å². The van der Waals surface area contributed by atoms with Gasteiger partial charge in [-0.05, 0) is 36.8 Å². The van der Waals surface area contributed by atoms with Crippen LogP contribution in [-0.2, 0) is 4.79 Å². The summed E-state index contributed by atoms with van der Waals surface area (Å²) in [7, 11) is 0. The maximum Gasteiger partial charge on any atom is 0.251 e. The molecule has 0 bridgehead atoms. The van der Waals surface area contributed by atoms with E-state index in [1.54, 1.807) is 42.5 Å². The lowest BCUT2D eigenvalue weighted by molar-refractivity contribution is -0.114. The predicted octanol–water partition coefficient (Wildman–Crippen LogP) is 3.02. The molecule has 0 aromatic heterocycles. The van der Waals surface area contributed by atoms with E-state index >= 15 is 0 Å². The van der Waals surface area contributed by atoms with E-state index in [9.17, 15) is 14.0 Å². The van der Waals surface area contributed by atoms with Crippen LogP contribution in [0.25, 0.3) is 0 Å². The highest BCUT2D eigenvalue weighted by molar-refractivity contribution is 5.98. The molecule has 0 radical (unpaired) electrons. The predicted molar refractivity (Wildman–Crippen MR) is 92.6 cm³/mol. The van der Waals surface area contributed by atoms with Crippen LogP contribution in [0, 0.1) is 5.82 Å². The summed E-state index contributed by atoms with van der Waals surface area (Å²) < 4.78 is 13.5. The van der Waals surface area contributed by atoms with Crippen LogP contribution in [0.1, 0.15) is 23.7 Å². The smallest absolute Gasteiger partial charge is 0.251 e. The average molecular weight is 329 g/mol. The van der Waals surface area contributed by atoms with Gasteiger partial charge in [-0.2, -0.15) is 0 Å². The molecule has 0 aliphatic heterocycles. The number of rotatable bonds is 7. The van der Waals surface area contributed by atoms with Gasteiger partial charge in [0, 0.05) is 17.8 Å². The van der Waals surface area contributed by atoms with E-state index in [1.165, 1.54) is 6.07 Å². The van der Waals surface area contributed by atoms with E-state index in [0.717, 1.165) is 6.42 Å². The molecule has 0 saturated carbocycles. The van der Waals surface area contributed by atoms with Gasteiger partial charge in [0.05, 0.1) is 12.2 Å². The lowest BCUT2D eigenvalue weighted by Gasteiger charge is -2.10. The first-order valence-corrected chi connectivity index (χ1v) is 7.76. The number of carbonyl (C=O) groups is 2. The normalized spacial score (nSPS) is 10.1. The summed E-state index contributed by atoms with van der Waals surface area (Å²) >= 11 is 0. The summed E-state index contributed by atoms with van der Waals surface area (Å²) in [4.78, 5) is 23.9. The highest BCUT2D eigenvalue weighted by Gasteiger charge is 2.08. The average Bonchev–Trinajstić information content (AvgIpc) is 2.59. The second-order valence-corrected chi connectivity index (χ2v) is 5.22. The van der Waals surface area contributed by atoms with Crippen LogP contribution in [-0.4, -0.2) is 24.9 Å². The Morgan fingerprint density at radius 2 is 1.88 bits per heavy atom. The van der Waals surface area contributed by atoms with Crippen LogP contribution in [0.5, 0.6) is 0 Å². The fourth-order valence-corrected chi connectivity index (χ4v) is 2.06. The molecule has 2 rings (SSSR count). The standard InChI is InChI=1S/C18H20FN3O2/c1-2-10-20-18(24)13-6-5-7-14(11-13)22-17(23)12-21-16-9-4-3-8-15(16)19/h3-9,11,21H,2,10,12H2,1H3,(H,20,24)(H,22,23). The van der Waals surface area contributed by atoms with Crippen molar-refractivity contribution in [2.45, 2.75) is 13.3 Å². The molecule has 0 aliphatic rings. The van der Waals surface area contributed by atoms with Crippen LogP contribution in [0.3, 0.4) is 0 Å². The first-order chi connectivity index (χ1) is 11.6. The van der Waals surface area contributed by atoms with Crippen LogP contribution >= 0.6 is 0 Å². The van der Waals surface area contributed by atoms with Crippen LogP contribution in [0.4, 0.5) is 15.8 Å². The topological polar surface area (TPSA) is 70.2 Å². The highest BCUT2D eigenvalue weighted by atomic mass is 19.1. The number of benzene rings is 2. The van der Waals surface area contributed by atoms with Crippen molar-refractivity contribution in [1.82, 2.24) is 5.32 Å². The Morgan fingerprint density at radius 3 is 2.62 bits per heavy atom. The summed E-state index contributed by atoms with van der Waals surface area (Å²) in [5, 5.41) is 8.19. The third kappa shape index (κ3) is 5.08. The maximum atomic E-state index is 13.5. The Bertz CT molecular complexity index is 719. The molecule has 3 N–H and O–H groups in total. The Balaban J connectivity index is 1.92. The Hall–Kier alpha value is -2.89. The number of carbonyl (C=O) groups excluding carboxylic acids is 2. The summed E-state index contributed by atoms with van der Waals surface area (Å²) in [5.74, 6) is -0.929. The number of anilines is 2. The molecule has 5 nitrogen and oxygen atoms in total. The van der Waals surface area contributed by atoms with Crippen molar-refractivity contribution in [3.05, 3.63) is 59.9 Å². The molecular weight excluding hydrogens is 309 g/mol. The van der Waals surface area contributed by atoms with Crippen molar-refractivity contribution in [2.24, 2.45) is 0 Å². The van der Waals surface area contributed by atoms with Crippen molar-refractivity contribution < 1.29 is 14.0 Å². The highest BCUT2D eigenvalue weighted by Crippen LogP contribution is 2.13. The third-order valence-electron chi connectivity index (χ3n) is 3.26. The Labute approximate surface area is 140 Å². The first kappa shape index (κ1) is 17.5. The van der Waals surface area contributed by atoms with E-state index in [2.05, 4.69) is 16.0 Å². The van der Waals surface area contributed by atoms with E-state index in [4.69, 9.17) is 0 Å². The number of para-hydroxylation sites is 1. The van der Waals surface area contributed by atoms with E-state index in [1.807, 2.05) is 6.92 Å². The minimum absolute atomic E-state index is 0.0762. The first-order valence-electron chi connectivity index (χ1n) is 7.76. The van der Waals surface area contributed by atoms with Gasteiger partial charge in [0.15, 0.2) is 0 Å². The minimum Gasteiger partial charge on any atom is -0.374 e. The van der Waals surface area contributed by atoms with Gasteiger partial charge in [0.25, 0.3) is 5.91 Å². The van der Waals surface area contributed by atoms with Gasteiger partial charge in [-0.1, -0.05) is 25.1 Å². The monoisotopic (exact) mass is 329 g/mol. The van der Waals surface area contributed by atoms with Gasteiger partial charge >= 0.3 is 0 Å². The van der Waals surface area contributed by atoms with Crippen molar-refractivity contribution in [1.29, 1.82) is 0 Å². The lowest BCUT2D eigenvalue weighted by atomic mass is 10.2. The molecule has 2 amide bonds. The van der Waals surface area contributed by atoms with E-state index in [0.29, 0.717) is 17.8 Å². The maximum absolute atomic E-state index is 13.5. The van der Waals surface area contributed by atoms with E-state index in [-0.39, 0.29) is 24.0 Å². The molecular formula is C18H20FN3O2. The van der Waals surface area contributed by atoms with Gasteiger partial charge in [-0.25, -0.2) is 4.39 Å². The molecule has 126 valence electrons. The van der Waals surface area contributed by atoms with Crippen molar-refractivity contribution in [3.63, 3.8) is 0 Å². The van der Waals surface area contributed by atoms with Crippen molar-refractivity contribution >= 4 is 23.2 Å².